The number of carbonyl (C=O) groups excluding carboxylic acids is 9. The summed E-state index contributed by atoms with van der Waals surface area (Å²) in [6, 6.07) is 21.2. The van der Waals surface area contributed by atoms with E-state index in [0.717, 1.165) is 38.3 Å². The third-order valence-electron chi connectivity index (χ3n) is 19.5. The Balaban J connectivity index is 0.000000216. The molecule has 13 atom stereocenters. The van der Waals surface area contributed by atoms with Crippen LogP contribution in [0.5, 0.6) is 0 Å². The van der Waals surface area contributed by atoms with E-state index < -0.39 is 149 Å². The zero-order chi connectivity index (χ0) is 70.5. The van der Waals surface area contributed by atoms with Gasteiger partial charge in [0.15, 0.2) is 6.10 Å². The maximum absolute atomic E-state index is 14.7. The van der Waals surface area contributed by atoms with Gasteiger partial charge in [-0.25, -0.2) is 19.2 Å². The van der Waals surface area contributed by atoms with Crippen LogP contribution < -0.4 is 26.2 Å². The number of anilines is 2. The molecule has 0 saturated carbocycles. The minimum absolute atomic E-state index is 0.00160. The average Bonchev–Trinajstić information content (AvgIpc) is 1.53. The van der Waals surface area contributed by atoms with Crippen molar-refractivity contribution in [1.29, 1.82) is 0 Å². The Morgan fingerprint density at radius 1 is 0.753 bits per heavy atom. The number of benzene rings is 4. The van der Waals surface area contributed by atoms with Crippen molar-refractivity contribution in [1.82, 2.24) is 30.7 Å². The third-order valence-corrected chi connectivity index (χ3v) is 19.5. The molecule has 0 unspecified atom stereocenters. The summed E-state index contributed by atoms with van der Waals surface area (Å²) in [6.45, 7) is 24.5. The molecule has 24 nitrogen and oxygen atoms in total. The number of hydrogen-bond donors (Lipinski definition) is 7. The predicted molar refractivity (Wildman–Crippen MR) is 358 cm³/mol. The lowest BCUT2D eigenvalue weighted by molar-refractivity contribution is -0.170. The van der Waals surface area contributed by atoms with Gasteiger partial charge >= 0.3 is 24.1 Å². The fourth-order valence-electron chi connectivity index (χ4n) is 14.8. The highest BCUT2D eigenvalue weighted by Gasteiger charge is 2.65. The fraction of sp³-hybridized carbons (Fsp3) is 0.521. The van der Waals surface area contributed by atoms with Crippen molar-refractivity contribution >= 4 is 65.0 Å². The minimum atomic E-state index is -1.78. The highest BCUT2D eigenvalue weighted by Crippen LogP contribution is 2.55. The van der Waals surface area contributed by atoms with E-state index in [-0.39, 0.29) is 63.7 Å². The van der Waals surface area contributed by atoms with E-state index >= 15 is 0 Å². The van der Waals surface area contributed by atoms with Gasteiger partial charge in [-0.1, -0.05) is 146 Å². The van der Waals surface area contributed by atoms with E-state index in [1.54, 1.807) is 60.6 Å². The maximum atomic E-state index is 14.7. The molecule has 0 aromatic heterocycles. The first-order chi connectivity index (χ1) is 45.8. The molecular weight excluding hydrogens is 1240 g/mol. The second-order valence-corrected chi connectivity index (χ2v) is 29.0. The van der Waals surface area contributed by atoms with Crippen LogP contribution in [0.1, 0.15) is 142 Å². The SMILES string of the molecule is C=CCOC(=O)[C@@H]1C[C@@]2(C)c3ccccc3N(C(=O)OC(C)(C)C)[C@H]2N1C(=O)OCC1c2ccccc2-c2ccccc21.Cc1ccc2c(c1)[C@]1(O)C[C@H]3C(=O)N[C@H](C(C)C)C(=O)O[C@@H](C(C)C)C(=O)N4CC[C@H](O)C[C@@H]4C(=O)N[C@@H](CC(C)C)C(=O)N[C@H]([C@H](C)O)C(=O)N3[C@@H]1N2. The molecule has 6 aliphatic heterocycles. The number of aryl methyl sites for hydroxylation is 1. The number of ether oxygens (including phenoxy) is 4. The van der Waals surface area contributed by atoms with Crippen molar-refractivity contribution in [3.8, 4) is 11.1 Å². The van der Waals surface area contributed by atoms with Gasteiger partial charge in [-0.2, -0.15) is 0 Å². The highest BCUT2D eigenvalue weighted by atomic mass is 16.6. The molecule has 0 radical (unpaired) electrons. The molecule has 0 spiro atoms. The van der Waals surface area contributed by atoms with Crippen LogP contribution in [0, 0.1) is 24.7 Å². The highest BCUT2D eigenvalue weighted by molar-refractivity contribution is 5.99. The number of hydrogen-bond acceptors (Lipinski definition) is 17. The zero-order valence-corrected chi connectivity index (χ0v) is 57.2. The largest absolute Gasteiger partial charge is 0.460 e. The summed E-state index contributed by atoms with van der Waals surface area (Å²) in [6.07, 6.45) is -5.60. The number of likely N-dealkylation sites (tertiary alicyclic amines) is 1. The second-order valence-electron chi connectivity index (χ2n) is 29.0. The maximum Gasteiger partial charge on any atom is 0.416 e. The lowest BCUT2D eigenvalue weighted by Crippen LogP contribution is -2.64. The van der Waals surface area contributed by atoms with E-state index in [2.05, 4.69) is 40.0 Å². The summed E-state index contributed by atoms with van der Waals surface area (Å²) in [5.74, 6) is -6.78. The molecule has 24 heteroatoms. The second kappa shape index (κ2) is 27.9. The number of nitrogens with zero attached hydrogens (tertiary/aromatic N) is 4. The Hall–Kier alpha value is -8.87. The van der Waals surface area contributed by atoms with Gasteiger partial charge in [-0.3, -0.25) is 33.8 Å². The Morgan fingerprint density at radius 3 is 2.00 bits per heavy atom. The van der Waals surface area contributed by atoms with Gasteiger partial charge in [0.2, 0.25) is 23.6 Å². The van der Waals surface area contributed by atoms with Crippen LogP contribution in [-0.4, -0.2) is 176 Å². The number of aliphatic hydroxyl groups excluding tert-OH is 2. The van der Waals surface area contributed by atoms with E-state index in [1.807, 2.05) is 94.4 Å². The summed E-state index contributed by atoms with van der Waals surface area (Å²) in [4.78, 5) is 132. The van der Waals surface area contributed by atoms with Crippen LogP contribution >= 0.6 is 0 Å². The van der Waals surface area contributed by atoms with Crippen molar-refractivity contribution < 1.29 is 77.4 Å². The van der Waals surface area contributed by atoms with Gasteiger partial charge in [0.05, 0.1) is 17.9 Å². The minimum Gasteiger partial charge on any atom is -0.460 e. The zero-order valence-electron chi connectivity index (χ0n) is 57.2. The van der Waals surface area contributed by atoms with E-state index in [4.69, 9.17) is 18.9 Å². The van der Waals surface area contributed by atoms with Crippen LogP contribution in [0.15, 0.2) is 104 Å². The van der Waals surface area contributed by atoms with Crippen LogP contribution in [-0.2, 0) is 63.5 Å². The molecule has 6 heterocycles. The molecule has 7 amide bonds. The van der Waals surface area contributed by atoms with Gasteiger partial charge in [0.1, 0.15) is 73.0 Å². The number of cyclic esters (lactones) is 1. The molecule has 4 aromatic rings. The Bertz CT molecular complexity index is 3690. The number of esters is 2. The predicted octanol–water partition coefficient (Wildman–Crippen LogP) is 6.78. The Morgan fingerprint density at radius 2 is 1.38 bits per heavy atom. The smallest absolute Gasteiger partial charge is 0.416 e. The first-order valence-electron chi connectivity index (χ1n) is 33.5. The molecule has 7 aliphatic rings. The quantitative estimate of drug-likeness (QED) is 0.0489. The van der Waals surface area contributed by atoms with E-state index in [1.165, 1.54) is 27.7 Å². The molecule has 4 saturated heterocycles. The molecule has 4 aromatic carbocycles. The topological polar surface area (TPSA) is 312 Å². The number of aliphatic hydroxyl groups is 3. The molecule has 1 aliphatic carbocycles. The molecule has 7 N–H and O–H groups in total. The lowest BCUT2D eigenvalue weighted by atomic mass is 9.80. The molecule has 520 valence electrons. The molecule has 97 heavy (non-hydrogen) atoms. The van der Waals surface area contributed by atoms with Crippen molar-refractivity contribution in [2.24, 2.45) is 17.8 Å². The van der Waals surface area contributed by atoms with E-state index in [0.29, 0.717) is 16.9 Å². The normalized spacial score (nSPS) is 28.1. The number of carbonyl (C=O) groups is 9. The number of para-hydroxylation sites is 1. The van der Waals surface area contributed by atoms with Crippen molar-refractivity contribution in [2.45, 2.75) is 205 Å². The lowest BCUT2D eigenvalue weighted by Gasteiger charge is -2.40. The number of amides is 7. The van der Waals surface area contributed by atoms with Crippen LogP contribution in [0.2, 0.25) is 0 Å². The Labute approximate surface area is 565 Å². The molecule has 11 rings (SSSR count). The van der Waals surface area contributed by atoms with Crippen molar-refractivity contribution in [3.63, 3.8) is 0 Å². The first kappa shape index (κ1) is 70.9. The van der Waals surface area contributed by atoms with Gasteiger partial charge in [0.25, 0.3) is 5.91 Å². The van der Waals surface area contributed by atoms with Gasteiger partial charge < -0.3 is 65.3 Å². The van der Waals surface area contributed by atoms with Crippen LogP contribution in [0.4, 0.5) is 21.0 Å². The van der Waals surface area contributed by atoms with Crippen molar-refractivity contribution in [3.05, 3.63) is 131 Å². The molecule has 4 fully saturated rings. The molecular formula is C73H92N8O16. The third kappa shape index (κ3) is 13.8. The molecule has 0 bridgehead atoms. The number of fused-ring (bicyclic) bond motifs is 12. The van der Waals surface area contributed by atoms with Crippen LogP contribution in [0.3, 0.4) is 0 Å². The van der Waals surface area contributed by atoms with Crippen molar-refractivity contribution in [2.75, 3.05) is 30.0 Å². The monoisotopic (exact) mass is 1340 g/mol. The summed E-state index contributed by atoms with van der Waals surface area (Å²) in [5.41, 5.74) is 4.34. The number of nitrogens with one attached hydrogen (secondary N) is 4. The van der Waals surface area contributed by atoms with E-state index in [9.17, 15) is 58.5 Å². The first-order valence-corrected chi connectivity index (χ1v) is 33.5. The van der Waals surface area contributed by atoms with Gasteiger partial charge in [-0.05, 0) is 112 Å². The summed E-state index contributed by atoms with van der Waals surface area (Å²) < 4.78 is 23.2. The Kier molecular flexibility index (Phi) is 20.4. The number of rotatable bonds is 10. The fourth-order valence-corrected chi connectivity index (χ4v) is 14.8. The summed E-state index contributed by atoms with van der Waals surface area (Å²) >= 11 is 0. The standard InChI is InChI=1S/C38H56N6O10.C35H36N2O6/c1-17(2)13-25-31(47)42-29(21(8)45)34(50)44-27(16-38(53)23-14-20(7)9-10-24(23)40-37(38)44)33(49)41-28(18(3)4)36(52)54-30(19(5)6)35(51)43-12-11-22(46)15-26(43)32(48)39-25;1-6-19-41-30(38)29-20-35(5)27-17-11-12-18-28(27)36(33(40)43-34(2,3)4)31(35)37(29)32(39)42-21-26-24-15-9-7-13-22(24)23-14-8-10-16-25(23)26/h9-10,14,17-19,21-22,25-30,37,40,45-46,53H,11-13,15-16H2,1-8H3,(H,39,48)(H,41,49)(H,42,47);6-18,26,29,31H,1,19-21H2,2-5H3/t21-,22-,25-,26+,27-,28+,29+,30-,37-,38+;29-,31-,35-/m00/s1. The van der Waals surface area contributed by atoms with Gasteiger partial charge in [-0.15, -0.1) is 0 Å². The number of piperidine rings is 1. The summed E-state index contributed by atoms with van der Waals surface area (Å²) in [5, 5.41) is 45.1. The van der Waals surface area contributed by atoms with Gasteiger partial charge in [0, 0.05) is 42.0 Å². The summed E-state index contributed by atoms with van der Waals surface area (Å²) in [7, 11) is 0. The average molecular weight is 1340 g/mol. The van der Waals surface area contributed by atoms with Crippen LogP contribution in [0.25, 0.3) is 11.1 Å².